The molecular weight excluding hydrogens is 350 g/mol. The molecule has 0 spiro atoms. The molecule has 2 aromatic rings. The number of carbonyl (C=O) groups excluding carboxylic acids is 1. The molecule has 1 unspecified atom stereocenters. The predicted octanol–water partition coefficient (Wildman–Crippen LogP) is 3.43. The van der Waals surface area contributed by atoms with E-state index in [1.807, 2.05) is 26.1 Å². The van der Waals surface area contributed by atoms with E-state index < -0.39 is 11.0 Å². The number of ether oxygens (including phenoxy) is 2. The van der Waals surface area contributed by atoms with E-state index in [0.29, 0.717) is 31.1 Å². The van der Waals surface area contributed by atoms with Gasteiger partial charge in [0.2, 0.25) is 0 Å². The molecule has 8 nitrogen and oxygen atoms in total. The van der Waals surface area contributed by atoms with Gasteiger partial charge in [0.15, 0.2) is 0 Å². The third kappa shape index (κ3) is 6.27. The molecule has 0 aliphatic heterocycles. The Labute approximate surface area is 157 Å². The van der Waals surface area contributed by atoms with E-state index in [1.54, 1.807) is 24.3 Å². The average molecular weight is 373 g/mol. The molecule has 0 saturated heterocycles. The summed E-state index contributed by atoms with van der Waals surface area (Å²) >= 11 is 0. The van der Waals surface area contributed by atoms with Gasteiger partial charge >= 0.3 is 6.09 Å². The molecule has 144 valence electrons. The van der Waals surface area contributed by atoms with Gasteiger partial charge in [-0.1, -0.05) is 12.1 Å². The van der Waals surface area contributed by atoms with Gasteiger partial charge < -0.3 is 20.1 Å². The quantitative estimate of drug-likeness (QED) is 0.516. The van der Waals surface area contributed by atoms with Crippen LogP contribution in [0.4, 0.5) is 10.5 Å². The molecular formula is C19H23N3O5. The van der Waals surface area contributed by atoms with Crippen LogP contribution in [0.25, 0.3) is 0 Å². The summed E-state index contributed by atoms with van der Waals surface area (Å²) in [4.78, 5) is 21.6. The highest BCUT2D eigenvalue weighted by Crippen LogP contribution is 2.22. The summed E-state index contributed by atoms with van der Waals surface area (Å²) in [5.41, 5.74) is 1.07. The Morgan fingerprint density at radius 2 is 1.74 bits per heavy atom. The van der Waals surface area contributed by atoms with Crippen molar-refractivity contribution < 1.29 is 19.2 Å². The summed E-state index contributed by atoms with van der Waals surface area (Å²) in [7, 11) is 1.86. The Morgan fingerprint density at radius 3 is 2.30 bits per heavy atom. The minimum atomic E-state index is -0.480. The Kier molecular flexibility index (Phi) is 7.57. The molecule has 2 rings (SSSR count). The Hall–Kier alpha value is -3.13. The molecule has 27 heavy (non-hydrogen) atoms. The lowest BCUT2D eigenvalue weighted by molar-refractivity contribution is -0.384. The van der Waals surface area contributed by atoms with Crippen LogP contribution in [-0.2, 0) is 0 Å². The van der Waals surface area contributed by atoms with E-state index in [4.69, 9.17) is 9.47 Å². The summed E-state index contributed by atoms with van der Waals surface area (Å²) < 4.78 is 10.8. The van der Waals surface area contributed by atoms with Gasteiger partial charge in [-0.2, -0.15) is 0 Å². The number of nitro groups is 1. The monoisotopic (exact) mass is 373 g/mol. The number of nitrogens with zero attached hydrogens (tertiary/aromatic N) is 1. The maximum atomic E-state index is 11.4. The second-order valence-electron chi connectivity index (χ2n) is 5.72. The van der Waals surface area contributed by atoms with E-state index >= 15 is 0 Å². The molecule has 0 heterocycles. The second kappa shape index (κ2) is 10.1. The summed E-state index contributed by atoms with van der Waals surface area (Å²) in [6.45, 7) is 2.77. The van der Waals surface area contributed by atoms with Gasteiger partial charge in [0.25, 0.3) is 5.69 Å². The lowest BCUT2D eigenvalue weighted by Gasteiger charge is -2.17. The van der Waals surface area contributed by atoms with Crippen LogP contribution in [0.5, 0.6) is 11.5 Å². The molecule has 0 aliphatic carbocycles. The number of nitrogens with one attached hydrogen (secondary N) is 2. The standard InChI is InChI=1S/C19H23N3O5/c1-3-21-19(23)27-17-8-4-14(5-9-17)18(20-2)12-13-26-16-10-6-15(7-11-16)22(24)25/h4-11,18,20H,3,12-13H2,1-2H3,(H,21,23). The Bertz CT molecular complexity index is 747. The maximum absolute atomic E-state index is 11.4. The number of benzene rings is 2. The minimum absolute atomic E-state index is 0.0328. The van der Waals surface area contributed by atoms with E-state index in [-0.39, 0.29) is 11.7 Å². The van der Waals surface area contributed by atoms with Crippen LogP contribution in [0.3, 0.4) is 0 Å². The number of rotatable bonds is 9. The predicted molar refractivity (Wildman–Crippen MR) is 101 cm³/mol. The fourth-order valence-corrected chi connectivity index (χ4v) is 2.49. The zero-order valence-corrected chi connectivity index (χ0v) is 15.3. The van der Waals surface area contributed by atoms with Crippen LogP contribution in [0.2, 0.25) is 0 Å². The number of non-ortho nitro benzene ring substituents is 1. The molecule has 2 aromatic carbocycles. The van der Waals surface area contributed by atoms with Crippen molar-refractivity contribution in [1.29, 1.82) is 0 Å². The van der Waals surface area contributed by atoms with Gasteiger partial charge in [-0.15, -0.1) is 0 Å². The zero-order chi connectivity index (χ0) is 19.6. The second-order valence-corrected chi connectivity index (χ2v) is 5.72. The van der Waals surface area contributed by atoms with E-state index in [9.17, 15) is 14.9 Å². The highest BCUT2D eigenvalue weighted by Gasteiger charge is 2.11. The SMILES string of the molecule is CCNC(=O)Oc1ccc(C(CCOc2ccc([N+](=O)[O-])cc2)NC)cc1. The van der Waals surface area contributed by atoms with Gasteiger partial charge in [-0.05, 0) is 43.8 Å². The van der Waals surface area contributed by atoms with E-state index in [1.165, 1.54) is 12.1 Å². The van der Waals surface area contributed by atoms with Gasteiger partial charge in [-0.3, -0.25) is 10.1 Å². The van der Waals surface area contributed by atoms with Crippen LogP contribution in [0.15, 0.2) is 48.5 Å². The third-order valence-electron chi connectivity index (χ3n) is 3.89. The van der Waals surface area contributed by atoms with Crippen molar-refractivity contribution in [3.8, 4) is 11.5 Å². The van der Waals surface area contributed by atoms with Gasteiger partial charge in [0, 0.05) is 31.1 Å². The van der Waals surface area contributed by atoms with E-state index in [0.717, 1.165) is 5.56 Å². The van der Waals surface area contributed by atoms with Crippen molar-refractivity contribution in [3.05, 3.63) is 64.2 Å². The van der Waals surface area contributed by atoms with Crippen LogP contribution >= 0.6 is 0 Å². The van der Waals surface area contributed by atoms with Crippen molar-refractivity contribution in [2.75, 3.05) is 20.2 Å². The van der Waals surface area contributed by atoms with Crippen molar-refractivity contribution in [1.82, 2.24) is 10.6 Å². The molecule has 0 radical (unpaired) electrons. The Morgan fingerprint density at radius 1 is 1.11 bits per heavy atom. The third-order valence-corrected chi connectivity index (χ3v) is 3.89. The topological polar surface area (TPSA) is 103 Å². The van der Waals surface area contributed by atoms with Gasteiger partial charge in [0.05, 0.1) is 11.5 Å². The van der Waals surface area contributed by atoms with Gasteiger partial charge in [0.1, 0.15) is 11.5 Å². The summed E-state index contributed by atoms with van der Waals surface area (Å²) in [5.74, 6) is 1.06. The van der Waals surface area contributed by atoms with E-state index in [2.05, 4.69) is 10.6 Å². The largest absolute Gasteiger partial charge is 0.494 e. The van der Waals surface area contributed by atoms with Crippen molar-refractivity contribution >= 4 is 11.8 Å². The lowest BCUT2D eigenvalue weighted by Crippen LogP contribution is -2.26. The van der Waals surface area contributed by atoms with Crippen LogP contribution < -0.4 is 20.1 Å². The molecule has 0 saturated carbocycles. The molecule has 0 bridgehead atoms. The van der Waals surface area contributed by atoms with Gasteiger partial charge in [-0.25, -0.2) is 4.79 Å². The first-order chi connectivity index (χ1) is 13.0. The molecule has 1 atom stereocenters. The van der Waals surface area contributed by atoms with Crippen LogP contribution in [-0.4, -0.2) is 31.2 Å². The van der Waals surface area contributed by atoms with Crippen LogP contribution in [0, 0.1) is 10.1 Å². The van der Waals surface area contributed by atoms with Crippen molar-refractivity contribution in [3.63, 3.8) is 0 Å². The minimum Gasteiger partial charge on any atom is -0.494 e. The number of nitro benzene ring substituents is 1. The fourth-order valence-electron chi connectivity index (χ4n) is 2.49. The highest BCUT2D eigenvalue weighted by atomic mass is 16.6. The summed E-state index contributed by atoms with van der Waals surface area (Å²) in [6, 6.07) is 13.3. The van der Waals surface area contributed by atoms with Crippen molar-refractivity contribution in [2.45, 2.75) is 19.4 Å². The summed E-state index contributed by atoms with van der Waals surface area (Å²) in [6.07, 6.45) is 0.219. The average Bonchev–Trinajstić information content (AvgIpc) is 2.66. The Balaban J connectivity index is 1.87. The van der Waals surface area contributed by atoms with Crippen LogP contribution in [0.1, 0.15) is 24.9 Å². The molecule has 0 aromatic heterocycles. The smallest absolute Gasteiger partial charge is 0.412 e. The number of hydrogen-bond donors (Lipinski definition) is 2. The highest BCUT2D eigenvalue weighted by molar-refractivity contribution is 5.70. The molecule has 2 N–H and O–H groups in total. The number of carbonyl (C=O) groups is 1. The molecule has 8 heteroatoms. The first-order valence-electron chi connectivity index (χ1n) is 8.63. The summed E-state index contributed by atoms with van der Waals surface area (Å²) in [5, 5.41) is 16.4. The lowest BCUT2D eigenvalue weighted by atomic mass is 10.0. The van der Waals surface area contributed by atoms with Crippen molar-refractivity contribution in [2.24, 2.45) is 0 Å². The maximum Gasteiger partial charge on any atom is 0.412 e. The number of amides is 1. The first-order valence-corrected chi connectivity index (χ1v) is 8.63. The first kappa shape index (κ1) is 20.2. The molecule has 1 amide bonds. The zero-order valence-electron chi connectivity index (χ0n) is 15.3. The fraction of sp³-hybridized carbons (Fsp3) is 0.316. The molecule has 0 fully saturated rings. The number of hydrogen-bond acceptors (Lipinski definition) is 6. The molecule has 0 aliphatic rings. The normalized spacial score (nSPS) is 11.5.